The highest BCUT2D eigenvalue weighted by atomic mass is 79.9. The van der Waals surface area contributed by atoms with Crippen LogP contribution in [0.2, 0.25) is 0 Å². The van der Waals surface area contributed by atoms with Crippen molar-refractivity contribution in [2.75, 3.05) is 6.61 Å². The summed E-state index contributed by atoms with van der Waals surface area (Å²) in [5.41, 5.74) is 3.97. The van der Waals surface area contributed by atoms with Gasteiger partial charge in [0.05, 0.1) is 11.4 Å². The molecule has 0 saturated carbocycles. The highest BCUT2D eigenvalue weighted by Gasteiger charge is 2.17. The minimum Gasteiger partial charge on any atom is -0.493 e. The summed E-state index contributed by atoms with van der Waals surface area (Å²) in [4.78, 5) is 0.00787. The molecule has 0 fully saturated rings. The Morgan fingerprint density at radius 3 is 2.68 bits per heavy atom. The largest absolute Gasteiger partial charge is 0.493 e. The molecule has 0 aliphatic carbocycles. The Hall–Kier alpha value is -1.35. The quantitative estimate of drug-likeness (QED) is 0.737. The van der Waals surface area contributed by atoms with E-state index in [1.165, 1.54) is 5.56 Å². The topological polar surface area (TPSA) is 9.23 Å². The Balaban J connectivity index is 1.94. The molecule has 19 heavy (non-hydrogen) atoms. The summed E-state index contributed by atoms with van der Waals surface area (Å²) < 4.78 is 19.1. The number of rotatable bonds is 2. The van der Waals surface area contributed by atoms with Gasteiger partial charge in [0.1, 0.15) is 11.6 Å². The Morgan fingerprint density at radius 1 is 1.16 bits per heavy atom. The Kier molecular flexibility index (Phi) is 3.31. The molecular formula is C16H14BrFO. The maximum Gasteiger partial charge on any atom is 0.126 e. The molecule has 0 amide bonds. The van der Waals surface area contributed by atoms with E-state index in [0.29, 0.717) is 5.56 Å². The lowest BCUT2D eigenvalue weighted by Gasteiger charge is -2.12. The average Bonchev–Trinajstić information content (AvgIpc) is 2.88. The van der Waals surface area contributed by atoms with Crippen LogP contribution in [0.1, 0.15) is 27.1 Å². The molecule has 98 valence electrons. The van der Waals surface area contributed by atoms with Gasteiger partial charge in [-0.1, -0.05) is 40.2 Å². The molecule has 1 aliphatic heterocycles. The third kappa shape index (κ3) is 2.39. The van der Waals surface area contributed by atoms with Gasteiger partial charge in [-0.25, -0.2) is 4.39 Å². The van der Waals surface area contributed by atoms with Crippen molar-refractivity contribution in [1.82, 2.24) is 0 Å². The summed E-state index contributed by atoms with van der Waals surface area (Å²) in [6, 6.07) is 11.5. The van der Waals surface area contributed by atoms with Crippen LogP contribution < -0.4 is 4.74 Å². The van der Waals surface area contributed by atoms with Crippen molar-refractivity contribution < 1.29 is 9.13 Å². The minimum absolute atomic E-state index is 0.00787. The number of hydrogen-bond donors (Lipinski definition) is 0. The molecule has 1 aliphatic rings. The van der Waals surface area contributed by atoms with E-state index in [1.54, 1.807) is 13.0 Å². The molecule has 2 aromatic carbocycles. The van der Waals surface area contributed by atoms with Crippen LogP contribution in [0.5, 0.6) is 5.75 Å². The first-order chi connectivity index (χ1) is 9.15. The molecule has 1 unspecified atom stereocenters. The number of ether oxygens (including phenoxy) is 1. The van der Waals surface area contributed by atoms with Crippen molar-refractivity contribution in [2.45, 2.75) is 18.2 Å². The second-order valence-corrected chi connectivity index (χ2v) is 5.75. The maximum atomic E-state index is 13.6. The van der Waals surface area contributed by atoms with Gasteiger partial charge in [-0.15, -0.1) is 0 Å². The van der Waals surface area contributed by atoms with Gasteiger partial charge in [-0.3, -0.25) is 0 Å². The summed E-state index contributed by atoms with van der Waals surface area (Å²) in [5.74, 6) is 0.810. The lowest BCUT2D eigenvalue weighted by atomic mass is 10.0. The smallest absolute Gasteiger partial charge is 0.126 e. The van der Waals surface area contributed by atoms with Gasteiger partial charge in [0.2, 0.25) is 0 Å². The summed E-state index contributed by atoms with van der Waals surface area (Å²) in [6.45, 7) is 2.53. The molecule has 3 heteroatoms. The van der Waals surface area contributed by atoms with E-state index in [4.69, 9.17) is 4.74 Å². The third-order valence-corrected chi connectivity index (χ3v) is 4.55. The summed E-state index contributed by atoms with van der Waals surface area (Å²) in [7, 11) is 0. The molecular weight excluding hydrogens is 307 g/mol. The summed E-state index contributed by atoms with van der Waals surface area (Å²) in [5, 5.41) is 0. The van der Waals surface area contributed by atoms with E-state index in [0.717, 1.165) is 29.9 Å². The molecule has 1 nitrogen and oxygen atoms in total. The molecule has 0 aromatic heterocycles. The van der Waals surface area contributed by atoms with Crippen molar-refractivity contribution in [3.8, 4) is 5.75 Å². The monoisotopic (exact) mass is 320 g/mol. The highest BCUT2D eigenvalue weighted by molar-refractivity contribution is 9.09. The van der Waals surface area contributed by atoms with E-state index >= 15 is 0 Å². The lowest BCUT2D eigenvalue weighted by Crippen LogP contribution is -1.95. The first kappa shape index (κ1) is 12.7. The van der Waals surface area contributed by atoms with Crippen LogP contribution in [0, 0.1) is 12.7 Å². The molecule has 0 spiro atoms. The predicted molar refractivity (Wildman–Crippen MR) is 77.5 cm³/mol. The molecule has 1 atom stereocenters. The Morgan fingerprint density at radius 2 is 1.89 bits per heavy atom. The minimum atomic E-state index is -0.161. The molecule has 0 saturated heterocycles. The zero-order chi connectivity index (χ0) is 13.4. The van der Waals surface area contributed by atoms with Crippen LogP contribution in [0.15, 0.2) is 36.4 Å². The van der Waals surface area contributed by atoms with Crippen LogP contribution in [0.4, 0.5) is 4.39 Å². The normalized spacial score (nSPS) is 14.9. The summed E-state index contributed by atoms with van der Waals surface area (Å²) in [6.07, 6.45) is 0.950. The Bertz CT molecular complexity index is 624. The number of halogens is 2. The average molecular weight is 321 g/mol. The second-order valence-electron chi connectivity index (χ2n) is 4.84. The van der Waals surface area contributed by atoms with E-state index in [1.807, 2.05) is 24.3 Å². The number of aryl methyl sites for hydroxylation is 1. The van der Waals surface area contributed by atoms with Gasteiger partial charge in [-0.05, 0) is 41.3 Å². The van der Waals surface area contributed by atoms with Crippen molar-refractivity contribution in [3.63, 3.8) is 0 Å². The molecule has 0 N–H and O–H groups in total. The van der Waals surface area contributed by atoms with Crippen molar-refractivity contribution in [1.29, 1.82) is 0 Å². The molecule has 1 heterocycles. The maximum absolute atomic E-state index is 13.6. The van der Waals surface area contributed by atoms with Crippen LogP contribution in [-0.4, -0.2) is 6.61 Å². The fourth-order valence-corrected chi connectivity index (χ4v) is 2.89. The number of alkyl halides is 1. The predicted octanol–water partition coefficient (Wildman–Crippen LogP) is 4.55. The fourth-order valence-electron chi connectivity index (χ4n) is 2.32. The SMILES string of the molecule is Cc1ccc(C(Br)c2ccc3c(c2)CCO3)cc1F. The van der Waals surface area contributed by atoms with Gasteiger partial charge < -0.3 is 4.74 Å². The van der Waals surface area contributed by atoms with E-state index in [2.05, 4.69) is 22.0 Å². The van der Waals surface area contributed by atoms with E-state index < -0.39 is 0 Å². The molecule has 0 radical (unpaired) electrons. The second kappa shape index (κ2) is 4.97. The van der Waals surface area contributed by atoms with Gasteiger partial charge in [0, 0.05) is 6.42 Å². The Labute approximate surface area is 120 Å². The number of benzene rings is 2. The molecule has 2 aromatic rings. The van der Waals surface area contributed by atoms with E-state index in [9.17, 15) is 4.39 Å². The van der Waals surface area contributed by atoms with Crippen LogP contribution in [0.3, 0.4) is 0 Å². The van der Waals surface area contributed by atoms with Crippen molar-refractivity contribution in [2.24, 2.45) is 0 Å². The number of fused-ring (bicyclic) bond motifs is 1. The van der Waals surface area contributed by atoms with Crippen molar-refractivity contribution >= 4 is 15.9 Å². The number of hydrogen-bond acceptors (Lipinski definition) is 1. The fraction of sp³-hybridized carbons (Fsp3) is 0.250. The van der Waals surface area contributed by atoms with Crippen LogP contribution >= 0.6 is 15.9 Å². The van der Waals surface area contributed by atoms with Gasteiger partial charge in [0.25, 0.3) is 0 Å². The first-order valence-electron chi connectivity index (χ1n) is 6.31. The summed E-state index contributed by atoms with van der Waals surface area (Å²) >= 11 is 3.65. The van der Waals surface area contributed by atoms with Gasteiger partial charge >= 0.3 is 0 Å². The zero-order valence-electron chi connectivity index (χ0n) is 10.6. The zero-order valence-corrected chi connectivity index (χ0v) is 12.2. The van der Waals surface area contributed by atoms with Gasteiger partial charge in [0.15, 0.2) is 0 Å². The first-order valence-corrected chi connectivity index (χ1v) is 7.22. The van der Waals surface area contributed by atoms with Crippen LogP contribution in [0.25, 0.3) is 0 Å². The highest BCUT2D eigenvalue weighted by Crippen LogP contribution is 2.35. The van der Waals surface area contributed by atoms with Gasteiger partial charge in [-0.2, -0.15) is 0 Å². The standard InChI is InChI=1S/C16H14BrFO/c1-10-2-3-13(9-14(10)18)16(17)12-4-5-15-11(8-12)6-7-19-15/h2-5,8-9,16H,6-7H2,1H3. The van der Waals surface area contributed by atoms with Crippen LogP contribution in [-0.2, 0) is 6.42 Å². The van der Waals surface area contributed by atoms with Crippen molar-refractivity contribution in [3.05, 3.63) is 64.5 Å². The third-order valence-electron chi connectivity index (χ3n) is 3.49. The van der Waals surface area contributed by atoms with E-state index in [-0.39, 0.29) is 10.6 Å². The molecule has 0 bridgehead atoms. The molecule has 3 rings (SSSR count). The lowest BCUT2D eigenvalue weighted by molar-refractivity contribution is 0.357.